The molecule has 2 aliphatic rings. The molecular formula is C25H27ClF2N6O6. The zero-order valence-electron chi connectivity index (χ0n) is 21.5. The van der Waals surface area contributed by atoms with E-state index in [1.54, 1.807) is 13.0 Å². The van der Waals surface area contributed by atoms with E-state index in [2.05, 4.69) is 15.6 Å². The molecule has 0 spiro atoms. The van der Waals surface area contributed by atoms with E-state index < -0.39 is 35.8 Å². The summed E-state index contributed by atoms with van der Waals surface area (Å²) in [5, 5.41) is 4.97. The molecular weight excluding hydrogens is 554 g/mol. The first-order valence-corrected chi connectivity index (χ1v) is 12.8. The molecule has 2 saturated heterocycles. The highest BCUT2D eigenvalue weighted by molar-refractivity contribution is 6.32. The number of aromatic nitrogens is 1. The van der Waals surface area contributed by atoms with Gasteiger partial charge in [0.25, 0.3) is 5.91 Å². The van der Waals surface area contributed by atoms with Crippen LogP contribution in [0.4, 0.5) is 29.7 Å². The van der Waals surface area contributed by atoms with Gasteiger partial charge >= 0.3 is 12.2 Å². The van der Waals surface area contributed by atoms with Crippen molar-refractivity contribution in [1.82, 2.24) is 20.5 Å². The highest BCUT2D eigenvalue weighted by Gasteiger charge is 2.34. The number of halogens is 3. The van der Waals surface area contributed by atoms with E-state index in [1.807, 2.05) is 0 Å². The SMILES string of the molecule is CCOC(=O)NCC1CN(c2cc(F)c(N3CCN(C(=O)CNC(=O)c4cccnc4Cl)CC3)c(F)c2)C(=O)O1. The fraction of sp³-hybridized carbons (Fsp3) is 0.400. The van der Waals surface area contributed by atoms with Gasteiger partial charge in [0.1, 0.15) is 16.9 Å². The van der Waals surface area contributed by atoms with Crippen LogP contribution in [0.15, 0.2) is 30.5 Å². The van der Waals surface area contributed by atoms with Gasteiger partial charge in [-0.05, 0) is 19.1 Å². The second kappa shape index (κ2) is 12.8. The van der Waals surface area contributed by atoms with Crippen molar-refractivity contribution in [1.29, 1.82) is 0 Å². The average molecular weight is 581 g/mol. The van der Waals surface area contributed by atoms with Crippen LogP contribution < -0.4 is 20.4 Å². The predicted octanol–water partition coefficient (Wildman–Crippen LogP) is 2.16. The number of carbonyl (C=O) groups is 4. The summed E-state index contributed by atoms with van der Waals surface area (Å²) in [4.78, 5) is 56.4. The summed E-state index contributed by atoms with van der Waals surface area (Å²) < 4.78 is 40.1. The van der Waals surface area contributed by atoms with Gasteiger partial charge in [-0.25, -0.2) is 23.4 Å². The Balaban J connectivity index is 1.31. The van der Waals surface area contributed by atoms with Crippen molar-refractivity contribution in [3.8, 4) is 0 Å². The van der Waals surface area contributed by atoms with Gasteiger partial charge < -0.3 is 29.9 Å². The average Bonchev–Trinajstić information content (AvgIpc) is 3.31. The number of nitrogens with one attached hydrogen (secondary N) is 2. The molecule has 2 N–H and O–H groups in total. The monoisotopic (exact) mass is 580 g/mol. The van der Waals surface area contributed by atoms with Crippen molar-refractivity contribution in [2.24, 2.45) is 0 Å². The Morgan fingerprint density at radius 2 is 1.85 bits per heavy atom. The number of ether oxygens (including phenoxy) is 2. The molecule has 15 heteroatoms. The number of benzene rings is 1. The Hall–Kier alpha value is -4.20. The second-order valence-electron chi connectivity index (χ2n) is 8.87. The minimum absolute atomic E-state index is 0.0172. The van der Waals surface area contributed by atoms with Gasteiger partial charge in [0.2, 0.25) is 5.91 Å². The first kappa shape index (κ1) is 28.8. The van der Waals surface area contributed by atoms with Gasteiger partial charge in [-0.3, -0.25) is 14.5 Å². The Kier molecular flexibility index (Phi) is 9.19. The first-order valence-electron chi connectivity index (χ1n) is 12.5. The standard InChI is InChI=1S/C25H27ClF2N6O6/c1-2-39-24(37)31-12-16-14-34(25(38)40-16)15-10-18(27)21(19(28)11-15)33-8-6-32(7-9-33)20(35)13-30-23(36)17-4-3-5-29-22(17)26/h3-5,10-11,16H,2,6-9,12-14H2,1H3,(H,30,36)(H,31,37). The summed E-state index contributed by atoms with van der Waals surface area (Å²) >= 11 is 5.90. The smallest absolute Gasteiger partial charge is 0.414 e. The molecule has 1 aromatic heterocycles. The van der Waals surface area contributed by atoms with Crippen LogP contribution in [0.25, 0.3) is 0 Å². The van der Waals surface area contributed by atoms with Crippen molar-refractivity contribution >= 4 is 47.0 Å². The lowest BCUT2D eigenvalue weighted by Crippen LogP contribution is -2.51. The van der Waals surface area contributed by atoms with Gasteiger partial charge in [0.15, 0.2) is 11.6 Å². The van der Waals surface area contributed by atoms with Crippen LogP contribution in [0.3, 0.4) is 0 Å². The van der Waals surface area contributed by atoms with E-state index in [9.17, 15) is 19.2 Å². The molecule has 0 radical (unpaired) electrons. The maximum absolute atomic E-state index is 15.1. The van der Waals surface area contributed by atoms with Crippen LogP contribution >= 0.6 is 11.6 Å². The number of amides is 4. The molecule has 214 valence electrons. The van der Waals surface area contributed by atoms with Crippen LogP contribution in [0.5, 0.6) is 0 Å². The number of piperazine rings is 1. The van der Waals surface area contributed by atoms with Crippen molar-refractivity contribution in [2.75, 3.05) is 62.2 Å². The number of carbonyl (C=O) groups excluding carboxylic acids is 4. The molecule has 4 rings (SSSR count). The molecule has 40 heavy (non-hydrogen) atoms. The Morgan fingerprint density at radius 3 is 2.50 bits per heavy atom. The number of anilines is 2. The maximum atomic E-state index is 15.1. The van der Waals surface area contributed by atoms with E-state index in [1.165, 1.54) is 22.1 Å². The Morgan fingerprint density at radius 1 is 1.15 bits per heavy atom. The summed E-state index contributed by atoms with van der Waals surface area (Å²) in [5.74, 6) is -2.66. The third-order valence-corrected chi connectivity index (χ3v) is 6.59. The van der Waals surface area contributed by atoms with Gasteiger partial charge in [0, 0.05) is 44.5 Å². The van der Waals surface area contributed by atoms with Crippen molar-refractivity contribution in [2.45, 2.75) is 13.0 Å². The number of rotatable bonds is 8. The fourth-order valence-electron chi connectivity index (χ4n) is 4.33. The molecule has 0 bridgehead atoms. The van der Waals surface area contributed by atoms with Crippen molar-refractivity contribution < 1.29 is 37.4 Å². The zero-order chi connectivity index (χ0) is 28.8. The molecule has 1 aromatic carbocycles. The van der Waals surface area contributed by atoms with Gasteiger partial charge in [-0.1, -0.05) is 11.6 Å². The number of pyridine rings is 1. The predicted molar refractivity (Wildman–Crippen MR) is 139 cm³/mol. The molecule has 12 nitrogen and oxygen atoms in total. The summed E-state index contributed by atoms with van der Waals surface area (Å²) in [7, 11) is 0. The molecule has 2 fully saturated rings. The third-order valence-electron chi connectivity index (χ3n) is 6.29. The van der Waals surface area contributed by atoms with E-state index in [0.717, 1.165) is 17.0 Å². The van der Waals surface area contributed by atoms with Crippen LogP contribution in [-0.2, 0) is 14.3 Å². The van der Waals surface area contributed by atoms with Crippen LogP contribution in [0.1, 0.15) is 17.3 Å². The number of hydrogen-bond donors (Lipinski definition) is 2. The van der Waals surface area contributed by atoms with Crippen molar-refractivity contribution in [3.05, 3.63) is 52.8 Å². The van der Waals surface area contributed by atoms with Crippen molar-refractivity contribution in [3.63, 3.8) is 0 Å². The van der Waals surface area contributed by atoms with E-state index in [-0.39, 0.29) is 80.4 Å². The molecule has 3 heterocycles. The minimum atomic E-state index is -0.878. The summed E-state index contributed by atoms with van der Waals surface area (Å²) in [5.41, 5.74) is -0.161. The van der Waals surface area contributed by atoms with E-state index >= 15 is 8.78 Å². The van der Waals surface area contributed by atoms with Gasteiger partial charge in [0.05, 0.1) is 37.5 Å². The van der Waals surface area contributed by atoms with Gasteiger partial charge in [-0.2, -0.15) is 0 Å². The largest absolute Gasteiger partial charge is 0.450 e. The normalized spacial score (nSPS) is 16.9. The summed E-state index contributed by atoms with van der Waals surface area (Å²) in [6, 6.07) is 5.11. The Labute approximate surface area is 233 Å². The van der Waals surface area contributed by atoms with Crippen LogP contribution in [0, 0.1) is 11.6 Å². The zero-order valence-corrected chi connectivity index (χ0v) is 22.2. The Bertz CT molecular complexity index is 1270. The van der Waals surface area contributed by atoms with Gasteiger partial charge in [-0.15, -0.1) is 0 Å². The number of cyclic esters (lactones) is 1. The van der Waals surface area contributed by atoms with E-state index in [0.29, 0.717) is 0 Å². The fourth-order valence-corrected chi connectivity index (χ4v) is 4.53. The molecule has 0 saturated carbocycles. The van der Waals surface area contributed by atoms with Crippen LogP contribution in [0.2, 0.25) is 5.15 Å². The topological polar surface area (TPSA) is 133 Å². The maximum Gasteiger partial charge on any atom is 0.414 e. The quantitative estimate of drug-likeness (QED) is 0.454. The lowest BCUT2D eigenvalue weighted by molar-refractivity contribution is -0.130. The number of alkyl carbamates (subject to hydrolysis) is 1. The van der Waals surface area contributed by atoms with Crippen LogP contribution in [-0.4, -0.2) is 92.4 Å². The number of hydrogen-bond acceptors (Lipinski definition) is 8. The third kappa shape index (κ3) is 6.68. The highest BCUT2D eigenvalue weighted by Crippen LogP contribution is 2.31. The highest BCUT2D eigenvalue weighted by atomic mass is 35.5. The molecule has 2 aromatic rings. The summed E-state index contributed by atoms with van der Waals surface area (Å²) in [6.07, 6.45) is -0.751. The minimum Gasteiger partial charge on any atom is -0.450 e. The molecule has 1 unspecified atom stereocenters. The lowest BCUT2D eigenvalue weighted by atomic mass is 10.2. The molecule has 0 aliphatic carbocycles. The molecule has 1 atom stereocenters. The number of nitrogens with zero attached hydrogens (tertiary/aromatic N) is 4. The lowest BCUT2D eigenvalue weighted by Gasteiger charge is -2.36. The second-order valence-corrected chi connectivity index (χ2v) is 9.23. The first-order chi connectivity index (χ1) is 19.2. The molecule has 4 amide bonds. The van der Waals surface area contributed by atoms with E-state index in [4.69, 9.17) is 21.1 Å². The summed E-state index contributed by atoms with van der Waals surface area (Å²) in [6.45, 7) is 2.16. The molecule has 2 aliphatic heterocycles.